The molecule has 0 aliphatic heterocycles. The first kappa shape index (κ1) is 10.8. The molecular formula is C12H11ClN2O. The summed E-state index contributed by atoms with van der Waals surface area (Å²) in [6.07, 6.45) is 3.33. The second-order valence-corrected chi connectivity index (χ2v) is 3.56. The predicted octanol–water partition coefficient (Wildman–Crippen LogP) is 3.57. The van der Waals surface area contributed by atoms with Crippen molar-refractivity contribution in [2.75, 3.05) is 12.4 Å². The van der Waals surface area contributed by atoms with Crippen LogP contribution in [0.5, 0.6) is 11.5 Å². The summed E-state index contributed by atoms with van der Waals surface area (Å²) in [5.74, 6) is 1.27. The fourth-order valence-electron chi connectivity index (χ4n) is 1.33. The van der Waals surface area contributed by atoms with E-state index in [9.17, 15) is 0 Å². The molecule has 4 heteroatoms. The molecule has 3 nitrogen and oxygen atoms in total. The van der Waals surface area contributed by atoms with Gasteiger partial charge in [-0.3, -0.25) is 4.98 Å². The number of para-hydroxylation sites is 1. The Bertz CT molecular complexity index is 474. The zero-order chi connectivity index (χ0) is 11.4. The van der Waals surface area contributed by atoms with Crippen LogP contribution in [0.4, 0.5) is 5.69 Å². The van der Waals surface area contributed by atoms with Gasteiger partial charge in [0.1, 0.15) is 5.75 Å². The first-order valence-electron chi connectivity index (χ1n) is 4.85. The van der Waals surface area contributed by atoms with E-state index in [4.69, 9.17) is 16.3 Å². The summed E-state index contributed by atoms with van der Waals surface area (Å²) in [4.78, 5) is 3.98. The number of aromatic nitrogens is 1. The van der Waals surface area contributed by atoms with Crippen LogP contribution in [0.3, 0.4) is 0 Å². The minimum absolute atomic E-state index is 0.565. The summed E-state index contributed by atoms with van der Waals surface area (Å²) in [5, 5.41) is 3.59. The number of halogens is 1. The molecule has 1 N–H and O–H groups in total. The van der Waals surface area contributed by atoms with Gasteiger partial charge in [0.2, 0.25) is 0 Å². The standard InChI is InChI=1S/C12H11ClN2O/c1-14-11-6-2-5-10(13)12(11)16-9-4-3-7-15-8-9/h2-8,14H,1H3. The highest BCUT2D eigenvalue weighted by molar-refractivity contribution is 6.32. The molecule has 2 rings (SSSR count). The van der Waals surface area contributed by atoms with Gasteiger partial charge in [-0.1, -0.05) is 17.7 Å². The summed E-state index contributed by atoms with van der Waals surface area (Å²) >= 11 is 6.07. The van der Waals surface area contributed by atoms with E-state index in [1.165, 1.54) is 0 Å². The molecule has 1 aromatic heterocycles. The molecular weight excluding hydrogens is 224 g/mol. The minimum atomic E-state index is 0.565. The van der Waals surface area contributed by atoms with E-state index in [1.807, 2.05) is 31.3 Å². The highest BCUT2D eigenvalue weighted by atomic mass is 35.5. The number of pyridine rings is 1. The lowest BCUT2D eigenvalue weighted by atomic mass is 10.3. The number of hydrogen-bond acceptors (Lipinski definition) is 3. The molecule has 1 heterocycles. The van der Waals surface area contributed by atoms with Crippen molar-refractivity contribution in [1.29, 1.82) is 0 Å². The van der Waals surface area contributed by atoms with Crippen LogP contribution < -0.4 is 10.1 Å². The van der Waals surface area contributed by atoms with Crippen LogP contribution in [0.2, 0.25) is 5.02 Å². The zero-order valence-corrected chi connectivity index (χ0v) is 9.53. The van der Waals surface area contributed by atoms with Crippen molar-refractivity contribution in [3.05, 3.63) is 47.7 Å². The molecule has 0 saturated carbocycles. The zero-order valence-electron chi connectivity index (χ0n) is 8.77. The van der Waals surface area contributed by atoms with E-state index in [1.54, 1.807) is 18.5 Å². The van der Waals surface area contributed by atoms with Gasteiger partial charge in [0.05, 0.1) is 16.9 Å². The van der Waals surface area contributed by atoms with Crippen molar-refractivity contribution in [1.82, 2.24) is 4.98 Å². The van der Waals surface area contributed by atoms with E-state index in [0.29, 0.717) is 16.5 Å². The normalized spacial score (nSPS) is 9.88. The molecule has 82 valence electrons. The van der Waals surface area contributed by atoms with Gasteiger partial charge < -0.3 is 10.1 Å². The molecule has 0 radical (unpaired) electrons. The Morgan fingerprint density at radius 2 is 2.12 bits per heavy atom. The fourth-order valence-corrected chi connectivity index (χ4v) is 1.55. The maximum Gasteiger partial charge on any atom is 0.169 e. The van der Waals surface area contributed by atoms with E-state index in [-0.39, 0.29) is 0 Å². The van der Waals surface area contributed by atoms with E-state index in [0.717, 1.165) is 5.69 Å². The second-order valence-electron chi connectivity index (χ2n) is 3.16. The molecule has 0 unspecified atom stereocenters. The van der Waals surface area contributed by atoms with Crippen LogP contribution in [0.15, 0.2) is 42.7 Å². The third-order valence-electron chi connectivity index (χ3n) is 2.09. The average Bonchev–Trinajstić information content (AvgIpc) is 2.33. The SMILES string of the molecule is CNc1cccc(Cl)c1Oc1cccnc1. The van der Waals surface area contributed by atoms with Crippen molar-refractivity contribution >= 4 is 17.3 Å². The minimum Gasteiger partial charge on any atom is -0.452 e. The summed E-state index contributed by atoms with van der Waals surface area (Å²) in [7, 11) is 1.82. The Balaban J connectivity index is 2.34. The molecule has 16 heavy (non-hydrogen) atoms. The fraction of sp³-hybridized carbons (Fsp3) is 0.0833. The van der Waals surface area contributed by atoms with Gasteiger partial charge in [-0.25, -0.2) is 0 Å². The molecule has 1 aromatic carbocycles. The molecule has 0 spiro atoms. The van der Waals surface area contributed by atoms with Gasteiger partial charge in [-0.05, 0) is 24.3 Å². The Morgan fingerprint density at radius 3 is 2.81 bits per heavy atom. The van der Waals surface area contributed by atoms with Gasteiger partial charge >= 0.3 is 0 Å². The third-order valence-corrected chi connectivity index (χ3v) is 2.39. The van der Waals surface area contributed by atoms with Crippen LogP contribution in [-0.2, 0) is 0 Å². The molecule has 0 aliphatic rings. The van der Waals surface area contributed by atoms with Crippen molar-refractivity contribution in [2.24, 2.45) is 0 Å². The number of anilines is 1. The third kappa shape index (κ3) is 2.25. The van der Waals surface area contributed by atoms with Crippen LogP contribution in [0.25, 0.3) is 0 Å². The number of hydrogen-bond donors (Lipinski definition) is 1. The first-order valence-corrected chi connectivity index (χ1v) is 5.23. The molecule has 0 aliphatic carbocycles. The van der Waals surface area contributed by atoms with E-state index >= 15 is 0 Å². The number of ether oxygens (including phenoxy) is 1. The quantitative estimate of drug-likeness (QED) is 0.882. The highest BCUT2D eigenvalue weighted by Crippen LogP contribution is 2.35. The summed E-state index contributed by atoms with van der Waals surface area (Å²) in [5.41, 5.74) is 0.844. The Kier molecular flexibility index (Phi) is 3.27. The monoisotopic (exact) mass is 234 g/mol. The van der Waals surface area contributed by atoms with Gasteiger partial charge in [0, 0.05) is 13.2 Å². The van der Waals surface area contributed by atoms with Crippen molar-refractivity contribution in [2.45, 2.75) is 0 Å². The molecule has 0 fully saturated rings. The predicted molar refractivity (Wildman–Crippen MR) is 65.3 cm³/mol. The van der Waals surface area contributed by atoms with Gasteiger partial charge in [0.15, 0.2) is 5.75 Å². The van der Waals surface area contributed by atoms with Crippen LogP contribution in [-0.4, -0.2) is 12.0 Å². The number of rotatable bonds is 3. The maximum atomic E-state index is 6.07. The van der Waals surface area contributed by atoms with E-state index in [2.05, 4.69) is 10.3 Å². The number of benzene rings is 1. The second kappa shape index (κ2) is 4.86. The number of nitrogens with zero attached hydrogens (tertiary/aromatic N) is 1. The van der Waals surface area contributed by atoms with Crippen LogP contribution >= 0.6 is 11.6 Å². The summed E-state index contributed by atoms with van der Waals surface area (Å²) < 4.78 is 5.67. The summed E-state index contributed by atoms with van der Waals surface area (Å²) in [6, 6.07) is 9.19. The average molecular weight is 235 g/mol. The molecule has 0 saturated heterocycles. The molecule has 2 aromatic rings. The summed E-state index contributed by atoms with van der Waals surface area (Å²) in [6.45, 7) is 0. The van der Waals surface area contributed by atoms with Gasteiger partial charge in [-0.15, -0.1) is 0 Å². The molecule has 0 bridgehead atoms. The lowest BCUT2D eigenvalue weighted by Gasteiger charge is -2.11. The lowest BCUT2D eigenvalue weighted by Crippen LogP contribution is -1.94. The Hall–Kier alpha value is -1.74. The van der Waals surface area contributed by atoms with Crippen LogP contribution in [0, 0.1) is 0 Å². The van der Waals surface area contributed by atoms with Crippen molar-refractivity contribution in [3.8, 4) is 11.5 Å². The lowest BCUT2D eigenvalue weighted by molar-refractivity contribution is 0.482. The van der Waals surface area contributed by atoms with Gasteiger partial charge in [0.25, 0.3) is 0 Å². The van der Waals surface area contributed by atoms with Gasteiger partial charge in [-0.2, -0.15) is 0 Å². The first-order chi connectivity index (χ1) is 7.81. The van der Waals surface area contributed by atoms with E-state index < -0.39 is 0 Å². The molecule has 0 atom stereocenters. The van der Waals surface area contributed by atoms with Crippen molar-refractivity contribution < 1.29 is 4.74 Å². The molecule has 0 amide bonds. The maximum absolute atomic E-state index is 6.07. The highest BCUT2D eigenvalue weighted by Gasteiger charge is 2.08. The smallest absolute Gasteiger partial charge is 0.169 e. The topological polar surface area (TPSA) is 34.1 Å². The van der Waals surface area contributed by atoms with Crippen LogP contribution in [0.1, 0.15) is 0 Å². The Labute approximate surface area is 99.0 Å². The van der Waals surface area contributed by atoms with Crippen molar-refractivity contribution in [3.63, 3.8) is 0 Å². The Morgan fingerprint density at radius 1 is 1.25 bits per heavy atom. The number of nitrogens with one attached hydrogen (secondary N) is 1. The largest absolute Gasteiger partial charge is 0.452 e.